The van der Waals surface area contributed by atoms with E-state index < -0.39 is 11.7 Å². The lowest BCUT2D eigenvalue weighted by molar-refractivity contribution is -0.137. The van der Waals surface area contributed by atoms with E-state index in [9.17, 15) is 13.2 Å². The number of alkyl halides is 3. The molecule has 0 N–H and O–H groups in total. The van der Waals surface area contributed by atoms with Crippen LogP contribution in [0.3, 0.4) is 0 Å². The predicted molar refractivity (Wildman–Crippen MR) is 110 cm³/mol. The first kappa shape index (κ1) is 20.2. The lowest BCUT2D eigenvalue weighted by Gasteiger charge is -2.11. The number of pyridine rings is 1. The second-order valence-corrected chi connectivity index (χ2v) is 7.54. The zero-order valence-corrected chi connectivity index (χ0v) is 16.6. The Kier molecular flexibility index (Phi) is 5.85. The van der Waals surface area contributed by atoms with Crippen molar-refractivity contribution >= 4 is 11.8 Å². The van der Waals surface area contributed by atoms with Crippen molar-refractivity contribution in [3.63, 3.8) is 0 Å². The Balaban J connectivity index is 1.62. The van der Waals surface area contributed by atoms with E-state index in [2.05, 4.69) is 15.2 Å². The Labute approximate surface area is 175 Å². The maximum atomic E-state index is 13.0. The highest BCUT2D eigenvalue weighted by molar-refractivity contribution is 7.98. The Morgan fingerprint density at radius 1 is 0.833 bits per heavy atom. The van der Waals surface area contributed by atoms with Crippen LogP contribution in [-0.2, 0) is 18.5 Å². The van der Waals surface area contributed by atoms with Gasteiger partial charge in [0.1, 0.15) is 0 Å². The SMILES string of the molecule is FC(F)(F)c1cccc(CSc2nnc(-c3ccncc3)n2Cc2ccccc2)c1. The van der Waals surface area contributed by atoms with Crippen LogP contribution in [0, 0.1) is 0 Å². The standard InChI is InChI=1S/C22H17F3N4S/c23-22(24,25)19-8-4-7-17(13-19)15-30-21-28-27-20(18-9-11-26-12-10-18)29(21)14-16-5-2-1-3-6-16/h1-13H,14-15H2. The fourth-order valence-corrected chi connectivity index (χ4v) is 3.88. The third-order valence-electron chi connectivity index (χ3n) is 4.46. The number of aromatic nitrogens is 4. The Bertz CT molecular complexity index is 1110. The minimum atomic E-state index is -4.36. The molecular weight excluding hydrogens is 409 g/mol. The number of halogens is 3. The maximum absolute atomic E-state index is 13.0. The molecule has 4 rings (SSSR count). The number of nitrogens with zero attached hydrogens (tertiary/aromatic N) is 4. The van der Waals surface area contributed by atoms with E-state index in [4.69, 9.17) is 0 Å². The molecule has 0 unspecified atom stereocenters. The first-order valence-electron chi connectivity index (χ1n) is 9.17. The van der Waals surface area contributed by atoms with Gasteiger partial charge >= 0.3 is 6.18 Å². The van der Waals surface area contributed by atoms with Gasteiger partial charge in [-0.15, -0.1) is 10.2 Å². The number of benzene rings is 2. The minimum absolute atomic E-state index is 0.354. The Morgan fingerprint density at radius 3 is 2.30 bits per heavy atom. The van der Waals surface area contributed by atoms with Crippen LogP contribution in [0.4, 0.5) is 13.2 Å². The molecule has 2 aromatic carbocycles. The molecule has 0 aliphatic heterocycles. The van der Waals surface area contributed by atoms with Gasteiger partial charge < -0.3 is 0 Å². The summed E-state index contributed by atoms with van der Waals surface area (Å²) in [5.74, 6) is 1.04. The van der Waals surface area contributed by atoms with Crippen molar-refractivity contribution in [2.45, 2.75) is 23.6 Å². The van der Waals surface area contributed by atoms with E-state index in [-0.39, 0.29) is 0 Å². The van der Waals surface area contributed by atoms with Gasteiger partial charge in [0.25, 0.3) is 0 Å². The molecule has 0 amide bonds. The fourth-order valence-electron chi connectivity index (χ4n) is 3.00. The zero-order chi connectivity index (χ0) is 21.0. The van der Waals surface area contributed by atoms with Gasteiger partial charge in [0.2, 0.25) is 0 Å². The summed E-state index contributed by atoms with van der Waals surface area (Å²) >= 11 is 1.36. The van der Waals surface area contributed by atoms with Gasteiger partial charge in [-0.1, -0.05) is 60.3 Å². The van der Waals surface area contributed by atoms with Crippen LogP contribution in [0.15, 0.2) is 84.3 Å². The number of rotatable bonds is 6. The van der Waals surface area contributed by atoms with Gasteiger partial charge in [0.15, 0.2) is 11.0 Å². The highest BCUT2D eigenvalue weighted by atomic mass is 32.2. The van der Waals surface area contributed by atoms with E-state index in [0.29, 0.717) is 28.8 Å². The molecule has 0 saturated heterocycles. The third kappa shape index (κ3) is 4.71. The summed E-state index contributed by atoms with van der Waals surface area (Å²) in [6.07, 6.45) is -0.985. The summed E-state index contributed by atoms with van der Waals surface area (Å²) in [5.41, 5.74) is 1.88. The van der Waals surface area contributed by atoms with Crippen LogP contribution in [0.1, 0.15) is 16.7 Å². The highest BCUT2D eigenvalue weighted by Gasteiger charge is 2.30. The van der Waals surface area contributed by atoms with Crippen molar-refractivity contribution in [3.05, 3.63) is 95.8 Å². The monoisotopic (exact) mass is 426 g/mol. The first-order valence-corrected chi connectivity index (χ1v) is 10.2. The number of hydrogen-bond donors (Lipinski definition) is 0. The van der Waals surface area contributed by atoms with Gasteiger partial charge in [0.05, 0.1) is 12.1 Å². The van der Waals surface area contributed by atoms with Gasteiger partial charge in [-0.2, -0.15) is 13.2 Å². The molecule has 0 aliphatic carbocycles. The molecule has 0 saturated carbocycles. The topological polar surface area (TPSA) is 43.6 Å². The molecule has 0 spiro atoms. The van der Waals surface area contributed by atoms with Crippen LogP contribution < -0.4 is 0 Å². The van der Waals surface area contributed by atoms with E-state index in [1.54, 1.807) is 18.5 Å². The van der Waals surface area contributed by atoms with Gasteiger partial charge in [0, 0.05) is 23.7 Å². The molecule has 4 aromatic rings. The Hall–Kier alpha value is -3.13. The maximum Gasteiger partial charge on any atom is 0.416 e. The smallest absolute Gasteiger partial charge is 0.298 e. The van der Waals surface area contributed by atoms with Crippen molar-refractivity contribution < 1.29 is 13.2 Å². The summed E-state index contributed by atoms with van der Waals surface area (Å²) in [6.45, 7) is 0.552. The molecule has 0 fully saturated rings. The largest absolute Gasteiger partial charge is 0.416 e. The normalized spacial score (nSPS) is 11.6. The van der Waals surface area contributed by atoms with Crippen LogP contribution in [0.25, 0.3) is 11.4 Å². The van der Waals surface area contributed by atoms with Crippen molar-refractivity contribution in [1.29, 1.82) is 0 Å². The predicted octanol–water partition coefficient (Wildman–Crippen LogP) is 5.70. The van der Waals surface area contributed by atoms with Crippen LogP contribution in [-0.4, -0.2) is 19.7 Å². The molecule has 8 heteroatoms. The van der Waals surface area contributed by atoms with E-state index in [1.807, 2.05) is 47.0 Å². The summed E-state index contributed by atoms with van der Waals surface area (Å²) in [6, 6.07) is 19.0. The van der Waals surface area contributed by atoms with Gasteiger partial charge in [-0.05, 0) is 29.3 Å². The van der Waals surface area contributed by atoms with Crippen molar-refractivity contribution in [3.8, 4) is 11.4 Å². The lowest BCUT2D eigenvalue weighted by Crippen LogP contribution is -2.05. The lowest BCUT2D eigenvalue weighted by atomic mass is 10.1. The van der Waals surface area contributed by atoms with Gasteiger partial charge in [-0.3, -0.25) is 9.55 Å². The van der Waals surface area contributed by atoms with E-state index in [0.717, 1.165) is 17.2 Å². The minimum Gasteiger partial charge on any atom is -0.298 e. The molecule has 2 heterocycles. The average Bonchev–Trinajstić information content (AvgIpc) is 3.15. The van der Waals surface area contributed by atoms with Crippen LogP contribution in [0.5, 0.6) is 0 Å². The van der Waals surface area contributed by atoms with E-state index >= 15 is 0 Å². The molecular formula is C22H17F3N4S. The quantitative estimate of drug-likeness (QED) is 0.371. The van der Waals surface area contributed by atoms with Gasteiger partial charge in [-0.25, -0.2) is 0 Å². The summed E-state index contributed by atoms with van der Waals surface area (Å²) < 4.78 is 40.9. The average molecular weight is 426 g/mol. The molecule has 0 bridgehead atoms. The molecule has 2 aromatic heterocycles. The highest BCUT2D eigenvalue weighted by Crippen LogP contribution is 2.32. The summed E-state index contributed by atoms with van der Waals surface area (Å²) in [5, 5.41) is 9.29. The van der Waals surface area contributed by atoms with Crippen LogP contribution >= 0.6 is 11.8 Å². The number of thioether (sulfide) groups is 1. The Morgan fingerprint density at radius 2 is 1.57 bits per heavy atom. The van der Waals surface area contributed by atoms with Crippen molar-refractivity contribution in [2.24, 2.45) is 0 Å². The first-order chi connectivity index (χ1) is 14.5. The summed E-state index contributed by atoms with van der Waals surface area (Å²) in [4.78, 5) is 4.04. The number of hydrogen-bond acceptors (Lipinski definition) is 4. The second-order valence-electron chi connectivity index (χ2n) is 6.60. The van der Waals surface area contributed by atoms with E-state index in [1.165, 1.54) is 23.9 Å². The zero-order valence-electron chi connectivity index (χ0n) is 15.8. The molecule has 152 valence electrons. The molecule has 0 aliphatic rings. The third-order valence-corrected chi connectivity index (χ3v) is 5.50. The molecule has 0 atom stereocenters. The molecule has 4 nitrogen and oxygen atoms in total. The fraction of sp³-hybridized carbons (Fsp3) is 0.136. The molecule has 30 heavy (non-hydrogen) atoms. The van der Waals surface area contributed by atoms with Crippen LogP contribution in [0.2, 0.25) is 0 Å². The molecule has 0 radical (unpaired) electrons. The van der Waals surface area contributed by atoms with Crippen molar-refractivity contribution in [2.75, 3.05) is 0 Å². The van der Waals surface area contributed by atoms with Crippen molar-refractivity contribution in [1.82, 2.24) is 19.7 Å². The summed E-state index contributed by atoms with van der Waals surface area (Å²) in [7, 11) is 0. The second kappa shape index (κ2) is 8.71.